The number of aromatic nitrogens is 2. The van der Waals surface area contributed by atoms with E-state index in [0.29, 0.717) is 0 Å². The first-order chi connectivity index (χ1) is 10.1. The van der Waals surface area contributed by atoms with Gasteiger partial charge in [0.25, 0.3) is 5.91 Å². The zero-order chi connectivity index (χ0) is 16.7. The number of carbonyl (C=O) groups excluding carboxylic acids is 1. The van der Waals surface area contributed by atoms with Crippen molar-refractivity contribution in [1.82, 2.24) is 9.55 Å². The average molecular weight is 336 g/mol. The predicted octanol–water partition coefficient (Wildman–Crippen LogP) is -2.04. The summed E-state index contributed by atoms with van der Waals surface area (Å²) >= 11 is 0. The van der Waals surface area contributed by atoms with E-state index in [9.17, 15) is 19.6 Å². The van der Waals surface area contributed by atoms with Gasteiger partial charge in [-0.25, -0.2) is 9.55 Å². The van der Waals surface area contributed by atoms with E-state index in [0.717, 1.165) is 0 Å². The van der Waals surface area contributed by atoms with Gasteiger partial charge in [0.05, 0.1) is 25.1 Å². The number of nitrogens with two attached hydrogens (primary N) is 2. The summed E-state index contributed by atoms with van der Waals surface area (Å²) in [6.07, 6.45) is -1.19. The van der Waals surface area contributed by atoms with Crippen molar-refractivity contribution in [3.05, 3.63) is 12.0 Å². The summed E-state index contributed by atoms with van der Waals surface area (Å²) in [4.78, 5) is 32.2. The zero-order valence-electron chi connectivity index (χ0n) is 11.3. The highest BCUT2D eigenvalue weighted by atomic mass is 31.2. The van der Waals surface area contributed by atoms with E-state index in [2.05, 4.69) is 9.51 Å². The summed E-state index contributed by atoms with van der Waals surface area (Å²) in [5.41, 5.74) is 10.7. The maximum absolute atomic E-state index is 11.1. The summed E-state index contributed by atoms with van der Waals surface area (Å²) in [7, 11) is -4.67. The van der Waals surface area contributed by atoms with Crippen molar-refractivity contribution in [2.75, 3.05) is 12.3 Å². The lowest BCUT2D eigenvalue weighted by Gasteiger charge is -2.19. The molecule has 0 aliphatic heterocycles. The van der Waals surface area contributed by atoms with Crippen LogP contribution in [0.25, 0.3) is 0 Å². The Morgan fingerprint density at radius 3 is 2.59 bits per heavy atom. The highest BCUT2D eigenvalue weighted by Gasteiger charge is 2.44. The Kier molecular flexibility index (Phi) is 4.57. The van der Waals surface area contributed by atoms with Crippen molar-refractivity contribution >= 4 is 19.5 Å². The number of imidazole rings is 1. The van der Waals surface area contributed by atoms with E-state index >= 15 is 0 Å². The fourth-order valence-corrected chi connectivity index (χ4v) is 2.94. The van der Waals surface area contributed by atoms with Gasteiger partial charge in [-0.1, -0.05) is 0 Å². The van der Waals surface area contributed by atoms with Crippen LogP contribution in [0.1, 0.15) is 23.0 Å². The molecule has 4 atom stereocenters. The van der Waals surface area contributed by atoms with Crippen molar-refractivity contribution in [2.24, 2.45) is 11.7 Å². The molecule has 11 nitrogen and oxygen atoms in total. The van der Waals surface area contributed by atoms with Gasteiger partial charge in [0, 0.05) is 5.92 Å². The molecule has 0 saturated heterocycles. The van der Waals surface area contributed by atoms with Crippen molar-refractivity contribution in [1.29, 1.82) is 0 Å². The Morgan fingerprint density at radius 1 is 1.45 bits per heavy atom. The van der Waals surface area contributed by atoms with Crippen molar-refractivity contribution < 1.29 is 33.9 Å². The van der Waals surface area contributed by atoms with Gasteiger partial charge >= 0.3 is 7.82 Å². The van der Waals surface area contributed by atoms with Gasteiger partial charge in [-0.2, -0.15) is 0 Å². The molecule has 1 saturated carbocycles. The first kappa shape index (κ1) is 16.9. The molecule has 2 rings (SSSR count). The minimum atomic E-state index is -4.67. The highest BCUT2D eigenvalue weighted by Crippen LogP contribution is 2.41. The molecule has 1 aromatic rings. The summed E-state index contributed by atoms with van der Waals surface area (Å²) in [5.74, 6) is -1.60. The van der Waals surface area contributed by atoms with Gasteiger partial charge in [0.2, 0.25) is 0 Å². The van der Waals surface area contributed by atoms with Crippen LogP contribution in [0.15, 0.2) is 6.33 Å². The molecule has 1 aromatic heterocycles. The Balaban J connectivity index is 2.16. The van der Waals surface area contributed by atoms with Crippen LogP contribution in [-0.4, -0.2) is 54.3 Å². The number of aliphatic hydroxyl groups excluding tert-OH is 2. The molecule has 22 heavy (non-hydrogen) atoms. The largest absolute Gasteiger partial charge is 0.469 e. The quantitative estimate of drug-likeness (QED) is 0.328. The Labute approximate surface area is 124 Å². The Hall–Kier alpha value is -1.49. The van der Waals surface area contributed by atoms with Gasteiger partial charge in [-0.3, -0.25) is 9.32 Å². The number of rotatable bonds is 5. The maximum atomic E-state index is 11.1. The lowest BCUT2D eigenvalue weighted by Crippen LogP contribution is -2.31. The lowest BCUT2D eigenvalue weighted by molar-refractivity contribution is -0.00389. The molecule has 12 heteroatoms. The van der Waals surface area contributed by atoms with E-state index < -0.39 is 44.5 Å². The lowest BCUT2D eigenvalue weighted by atomic mass is 10.1. The Bertz CT molecular complexity index is 614. The minimum absolute atomic E-state index is 0.0553. The summed E-state index contributed by atoms with van der Waals surface area (Å²) < 4.78 is 16.4. The summed E-state index contributed by atoms with van der Waals surface area (Å²) in [6.45, 7) is -0.434. The van der Waals surface area contributed by atoms with Crippen LogP contribution in [0.2, 0.25) is 0 Å². The van der Waals surface area contributed by atoms with Gasteiger partial charge in [-0.15, -0.1) is 0 Å². The molecule has 1 fully saturated rings. The van der Waals surface area contributed by atoms with Gasteiger partial charge in [-0.05, 0) is 6.42 Å². The van der Waals surface area contributed by atoms with Crippen LogP contribution in [0.5, 0.6) is 0 Å². The third-order valence-corrected chi connectivity index (χ3v) is 4.14. The Morgan fingerprint density at radius 2 is 2.09 bits per heavy atom. The van der Waals surface area contributed by atoms with E-state index in [-0.39, 0.29) is 17.9 Å². The van der Waals surface area contributed by atoms with Gasteiger partial charge in [0.15, 0.2) is 5.69 Å². The first-order valence-electron chi connectivity index (χ1n) is 6.30. The van der Waals surface area contributed by atoms with Crippen LogP contribution in [0.4, 0.5) is 5.82 Å². The number of hydrogen-bond donors (Lipinski definition) is 6. The number of phosphoric ester groups is 1. The second-order valence-electron chi connectivity index (χ2n) is 5.08. The molecule has 1 aliphatic rings. The fourth-order valence-electron chi connectivity index (χ4n) is 2.56. The number of hydrogen-bond acceptors (Lipinski definition) is 7. The van der Waals surface area contributed by atoms with E-state index in [1.54, 1.807) is 0 Å². The van der Waals surface area contributed by atoms with Crippen molar-refractivity contribution in [3.63, 3.8) is 0 Å². The van der Waals surface area contributed by atoms with E-state index in [4.69, 9.17) is 21.3 Å². The zero-order valence-corrected chi connectivity index (χ0v) is 12.2. The van der Waals surface area contributed by atoms with Gasteiger partial charge < -0.3 is 36.0 Å². The monoisotopic (exact) mass is 336 g/mol. The number of phosphoric acid groups is 1. The molecule has 1 heterocycles. The second kappa shape index (κ2) is 5.95. The smallest absolute Gasteiger partial charge is 0.390 e. The molecule has 0 unspecified atom stereocenters. The number of anilines is 1. The molecule has 0 aromatic carbocycles. The molecular weight excluding hydrogens is 319 g/mol. The molecular formula is C10H17N4O7P. The SMILES string of the molecule is NC(=O)c1ncn([C@H]2C[C@@H](COP(=O)(O)O)[C@H](O)[C@@H]2O)c1N. The molecule has 0 spiro atoms. The van der Waals surface area contributed by atoms with Crippen LogP contribution in [0.3, 0.4) is 0 Å². The molecule has 0 bridgehead atoms. The molecule has 1 amide bonds. The minimum Gasteiger partial charge on any atom is -0.390 e. The number of primary amides is 1. The number of carbonyl (C=O) groups is 1. The summed E-state index contributed by atoms with van der Waals surface area (Å²) in [5, 5.41) is 20.0. The standard InChI is InChI=1S/C10H17N4O7P/c11-9-6(10(12)17)13-3-14(9)5-1-4(7(15)8(5)16)2-21-22(18,19)20/h3-5,7-8,15-16H,1-2,11H2,(H2,12,17)(H2,18,19,20)/t4-,5-,7-,8+/m0/s1. The number of nitrogens with zero attached hydrogens (tertiary/aromatic N) is 2. The third kappa shape index (κ3) is 3.29. The normalized spacial score (nSPS) is 28.9. The topological polar surface area (TPSA) is 194 Å². The predicted molar refractivity (Wildman–Crippen MR) is 72.3 cm³/mol. The van der Waals surface area contributed by atoms with Crippen LogP contribution in [0, 0.1) is 5.92 Å². The van der Waals surface area contributed by atoms with Crippen LogP contribution in [-0.2, 0) is 9.09 Å². The van der Waals surface area contributed by atoms with Crippen LogP contribution >= 0.6 is 7.82 Å². The maximum Gasteiger partial charge on any atom is 0.469 e. The fraction of sp³-hybridized carbons (Fsp3) is 0.600. The van der Waals surface area contributed by atoms with Crippen molar-refractivity contribution in [3.8, 4) is 0 Å². The highest BCUT2D eigenvalue weighted by molar-refractivity contribution is 7.46. The van der Waals surface area contributed by atoms with E-state index in [1.165, 1.54) is 10.9 Å². The van der Waals surface area contributed by atoms with E-state index in [1.807, 2.05) is 0 Å². The number of nitrogen functional groups attached to an aromatic ring is 1. The van der Waals surface area contributed by atoms with Crippen LogP contribution < -0.4 is 11.5 Å². The van der Waals surface area contributed by atoms with Gasteiger partial charge in [0.1, 0.15) is 11.9 Å². The molecule has 8 N–H and O–H groups in total. The first-order valence-corrected chi connectivity index (χ1v) is 7.83. The molecule has 1 aliphatic carbocycles. The average Bonchev–Trinajstić information content (AvgIpc) is 2.90. The molecule has 0 radical (unpaired) electrons. The summed E-state index contributed by atoms with van der Waals surface area (Å²) in [6, 6.07) is -0.721. The van der Waals surface area contributed by atoms with Crippen molar-refractivity contribution in [2.45, 2.75) is 24.7 Å². The second-order valence-corrected chi connectivity index (χ2v) is 6.32. The third-order valence-electron chi connectivity index (χ3n) is 3.65. The molecule has 124 valence electrons. The number of aliphatic hydroxyl groups is 2. The number of amides is 1.